The minimum absolute atomic E-state index is 0.0986. The molecule has 29 heavy (non-hydrogen) atoms. The maximum absolute atomic E-state index is 12.3. The van der Waals surface area contributed by atoms with Crippen molar-refractivity contribution in [3.05, 3.63) is 72.3 Å². The molecule has 1 aromatic carbocycles. The smallest absolute Gasteiger partial charge is 0.317 e. The van der Waals surface area contributed by atoms with E-state index in [1.54, 1.807) is 41.5 Å². The van der Waals surface area contributed by atoms with Gasteiger partial charge in [0.2, 0.25) is 5.91 Å². The van der Waals surface area contributed by atoms with Gasteiger partial charge in [-0.2, -0.15) is 5.10 Å². The number of carboxylic acid groups (broad SMARTS) is 1. The van der Waals surface area contributed by atoms with E-state index in [-0.39, 0.29) is 12.5 Å². The maximum Gasteiger partial charge on any atom is 0.317 e. The lowest BCUT2D eigenvalue weighted by Gasteiger charge is -2.06. The van der Waals surface area contributed by atoms with Gasteiger partial charge in [-0.3, -0.25) is 19.3 Å². The van der Waals surface area contributed by atoms with E-state index in [1.807, 2.05) is 31.4 Å². The quantitative estimate of drug-likeness (QED) is 0.509. The predicted octanol–water partition coefficient (Wildman–Crippen LogP) is 2.31. The minimum atomic E-state index is -0.902. The molecule has 148 valence electrons. The number of hydrogen-bond acceptors (Lipinski definition) is 5. The van der Waals surface area contributed by atoms with Gasteiger partial charge in [0.25, 0.3) is 0 Å². The molecular weight excluding hydrogens is 370 g/mol. The van der Waals surface area contributed by atoms with Gasteiger partial charge in [-0.25, -0.2) is 0 Å². The molecule has 8 heteroatoms. The molecule has 0 fully saturated rings. The largest absolute Gasteiger partial charge is 0.480 e. The zero-order valence-electron chi connectivity index (χ0n) is 15.9. The maximum atomic E-state index is 12.3. The van der Waals surface area contributed by atoms with Crippen LogP contribution in [0.5, 0.6) is 0 Å². The van der Waals surface area contributed by atoms with Crippen molar-refractivity contribution >= 4 is 23.6 Å². The van der Waals surface area contributed by atoms with Crippen LogP contribution in [-0.2, 0) is 23.2 Å². The van der Waals surface area contributed by atoms with Crippen LogP contribution in [0.15, 0.2) is 61.2 Å². The molecule has 0 saturated carbocycles. The molecule has 0 saturated heterocycles. The number of carboxylic acids is 1. The van der Waals surface area contributed by atoms with Crippen LogP contribution in [0, 0.1) is 0 Å². The highest BCUT2D eigenvalue weighted by molar-refractivity contribution is 6.02. The number of hydrogen-bond donors (Lipinski definition) is 3. The SMILES string of the molecule is Cn1cc(-c2ccncc2/C=C/C(=O)Nc2ccc(CNCC(=O)O)cc2)cn1. The van der Waals surface area contributed by atoms with Gasteiger partial charge >= 0.3 is 5.97 Å². The molecule has 0 unspecified atom stereocenters. The first-order valence-corrected chi connectivity index (χ1v) is 8.95. The van der Waals surface area contributed by atoms with Gasteiger partial charge < -0.3 is 15.7 Å². The zero-order chi connectivity index (χ0) is 20.6. The Bertz CT molecular complexity index is 1020. The second-order valence-corrected chi connectivity index (χ2v) is 6.38. The number of aromatic nitrogens is 3. The van der Waals surface area contributed by atoms with Crippen molar-refractivity contribution in [1.29, 1.82) is 0 Å². The summed E-state index contributed by atoms with van der Waals surface area (Å²) in [5, 5.41) is 18.4. The van der Waals surface area contributed by atoms with E-state index in [4.69, 9.17) is 5.11 Å². The van der Waals surface area contributed by atoms with E-state index >= 15 is 0 Å². The molecule has 3 rings (SSSR count). The van der Waals surface area contributed by atoms with Gasteiger partial charge in [0.15, 0.2) is 0 Å². The molecule has 0 spiro atoms. The van der Waals surface area contributed by atoms with E-state index in [9.17, 15) is 9.59 Å². The second-order valence-electron chi connectivity index (χ2n) is 6.38. The summed E-state index contributed by atoms with van der Waals surface area (Å²) >= 11 is 0. The van der Waals surface area contributed by atoms with Crippen LogP contribution in [-0.4, -0.2) is 38.3 Å². The number of rotatable bonds is 8. The van der Waals surface area contributed by atoms with Crippen molar-refractivity contribution in [2.45, 2.75) is 6.54 Å². The molecule has 3 N–H and O–H groups in total. The number of aryl methyl sites for hydroxylation is 1. The van der Waals surface area contributed by atoms with Crippen LogP contribution in [0.1, 0.15) is 11.1 Å². The fourth-order valence-electron chi connectivity index (χ4n) is 2.73. The molecule has 2 heterocycles. The fraction of sp³-hybridized carbons (Fsp3) is 0.143. The molecule has 8 nitrogen and oxygen atoms in total. The van der Waals surface area contributed by atoms with Crippen LogP contribution in [0.2, 0.25) is 0 Å². The van der Waals surface area contributed by atoms with Crippen LogP contribution in [0.3, 0.4) is 0 Å². The Hall–Kier alpha value is -3.78. The summed E-state index contributed by atoms with van der Waals surface area (Å²) in [6.07, 6.45) is 10.2. The Balaban J connectivity index is 1.61. The first-order chi connectivity index (χ1) is 14.0. The van der Waals surface area contributed by atoms with Gasteiger partial charge in [-0.05, 0) is 35.4 Å². The summed E-state index contributed by atoms with van der Waals surface area (Å²) in [6.45, 7) is 0.344. The highest BCUT2D eigenvalue weighted by Gasteiger charge is 2.06. The standard InChI is InChI=1S/C21H21N5O3/c1-26-14-17(12-24-26)19-8-9-22-11-16(19)4-7-20(27)25-18-5-2-15(3-6-18)10-23-13-21(28)29/h2-9,11-12,14,23H,10,13H2,1H3,(H,25,27)(H,28,29)/b7-4+. The summed E-state index contributed by atoms with van der Waals surface area (Å²) in [4.78, 5) is 26.9. The van der Waals surface area contributed by atoms with Gasteiger partial charge in [0.1, 0.15) is 0 Å². The van der Waals surface area contributed by atoms with Crippen molar-refractivity contribution in [1.82, 2.24) is 20.1 Å². The third-order valence-electron chi connectivity index (χ3n) is 4.11. The van der Waals surface area contributed by atoms with E-state index in [1.165, 1.54) is 6.08 Å². The Morgan fingerprint density at radius 3 is 2.66 bits per heavy atom. The van der Waals surface area contributed by atoms with Crippen molar-refractivity contribution in [2.24, 2.45) is 7.05 Å². The lowest BCUT2D eigenvalue weighted by atomic mass is 10.0. The second kappa shape index (κ2) is 9.43. The van der Waals surface area contributed by atoms with Crippen molar-refractivity contribution in [2.75, 3.05) is 11.9 Å². The van der Waals surface area contributed by atoms with E-state index in [0.717, 1.165) is 22.3 Å². The summed E-state index contributed by atoms with van der Waals surface area (Å²) in [6, 6.07) is 9.08. The number of benzene rings is 1. The van der Waals surface area contributed by atoms with Gasteiger partial charge in [0.05, 0.1) is 12.7 Å². The lowest BCUT2D eigenvalue weighted by molar-refractivity contribution is -0.136. The number of nitrogens with one attached hydrogen (secondary N) is 2. The first-order valence-electron chi connectivity index (χ1n) is 8.95. The monoisotopic (exact) mass is 391 g/mol. The van der Waals surface area contributed by atoms with Gasteiger partial charge in [0, 0.05) is 55.1 Å². The highest BCUT2D eigenvalue weighted by Crippen LogP contribution is 2.23. The molecule has 0 aliphatic carbocycles. The van der Waals surface area contributed by atoms with Crippen LogP contribution in [0.25, 0.3) is 17.2 Å². The Labute approximate surface area is 167 Å². The molecule has 0 bridgehead atoms. The van der Waals surface area contributed by atoms with Gasteiger partial charge in [-0.1, -0.05) is 12.1 Å². The van der Waals surface area contributed by atoms with Crippen molar-refractivity contribution in [3.63, 3.8) is 0 Å². The number of pyridine rings is 1. The molecule has 2 aromatic heterocycles. The van der Waals surface area contributed by atoms with E-state index < -0.39 is 5.97 Å². The van der Waals surface area contributed by atoms with E-state index in [2.05, 4.69) is 20.7 Å². The third kappa shape index (κ3) is 5.85. The summed E-state index contributed by atoms with van der Waals surface area (Å²) in [7, 11) is 1.85. The average molecular weight is 391 g/mol. The van der Waals surface area contributed by atoms with Crippen LogP contribution in [0.4, 0.5) is 5.69 Å². The topological polar surface area (TPSA) is 109 Å². The van der Waals surface area contributed by atoms with E-state index in [0.29, 0.717) is 12.2 Å². The molecule has 0 atom stereocenters. The Kier molecular flexibility index (Phi) is 6.49. The Morgan fingerprint density at radius 2 is 1.97 bits per heavy atom. The molecular formula is C21H21N5O3. The number of amides is 1. The molecule has 0 radical (unpaired) electrons. The number of aliphatic carboxylic acids is 1. The summed E-state index contributed by atoms with van der Waals surface area (Å²) in [5.74, 6) is -1.16. The van der Waals surface area contributed by atoms with Crippen molar-refractivity contribution < 1.29 is 14.7 Å². The molecule has 3 aromatic rings. The predicted molar refractivity (Wildman–Crippen MR) is 110 cm³/mol. The highest BCUT2D eigenvalue weighted by atomic mass is 16.4. The average Bonchev–Trinajstić information content (AvgIpc) is 3.14. The lowest BCUT2D eigenvalue weighted by Crippen LogP contribution is -2.21. The Morgan fingerprint density at radius 1 is 1.17 bits per heavy atom. The van der Waals surface area contributed by atoms with Gasteiger partial charge in [-0.15, -0.1) is 0 Å². The van der Waals surface area contributed by atoms with Crippen LogP contribution >= 0.6 is 0 Å². The fourth-order valence-corrected chi connectivity index (χ4v) is 2.73. The molecule has 0 aliphatic rings. The summed E-state index contributed by atoms with van der Waals surface area (Å²) < 4.78 is 1.72. The molecule has 1 amide bonds. The third-order valence-corrected chi connectivity index (χ3v) is 4.11. The number of carbonyl (C=O) groups excluding carboxylic acids is 1. The zero-order valence-corrected chi connectivity index (χ0v) is 15.9. The molecule has 0 aliphatic heterocycles. The number of carbonyl (C=O) groups is 2. The van der Waals surface area contributed by atoms with Crippen molar-refractivity contribution in [3.8, 4) is 11.1 Å². The minimum Gasteiger partial charge on any atom is -0.480 e. The summed E-state index contributed by atoms with van der Waals surface area (Å²) in [5.41, 5.74) is 4.28. The number of anilines is 1. The number of nitrogens with zero attached hydrogens (tertiary/aromatic N) is 3. The van der Waals surface area contributed by atoms with Crippen LogP contribution < -0.4 is 10.6 Å². The normalized spacial score (nSPS) is 10.9. The first kappa shape index (κ1) is 20.0.